The predicted molar refractivity (Wildman–Crippen MR) is 228 cm³/mol. The van der Waals surface area contributed by atoms with Crippen LogP contribution in [0.15, 0.2) is 72.8 Å². The maximum atomic E-state index is 12.1. The summed E-state index contributed by atoms with van der Waals surface area (Å²) in [5.41, 5.74) is 14.0. The van der Waals surface area contributed by atoms with E-state index in [1.54, 1.807) is 12.1 Å². The highest BCUT2D eigenvalue weighted by Crippen LogP contribution is 2.16. The van der Waals surface area contributed by atoms with Gasteiger partial charge in [-0.1, -0.05) is 0 Å². The normalized spacial score (nSPS) is 15.1. The second-order valence-electron chi connectivity index (χ2n) is 13.5. The molecule has 55 heavy (non-hydrogen) atoms. The topological polar surface area (TPSA) is 172 Å². The van der Waals surface area contributed by atoms with Crippen LogP contribution in [0, 0.1) is 26.0 Å². The fraction of sp³-hybridized carbons (Fsp3) is 0.538. The molecule has 3 heterocycles. The second kappa shape index (κ2) is 29.5. The number of nitrogens with one attached hydrogen (secondary N) is 2. The molecule has 0 saturated carbocycles. The molecule has 0 spiro atoms. The first-order valence-electron chi connectivity index (χ1n) is 19.1. The van der Waals surface area contributed by atoms with Gasteiger partial charge in [-0.2, -0.15) is 0 Å². The van der Waals surface area contributed by atoms with Crippen LogP contribution in [0.2, 0.25) is 0 Å². The molecular weight excluding hydrogens is 748 g/mol. The van der Waals surface area contributed by atoms with Crippen molar-refractivity contribution in [1.82, 2.24) is 14.7 Å². The van der Waals surface area contributed by atoms with Crippen molar-refractivity contribution in [2.24, 2.45) is 5.73 Å². The first-order valence-corrected chi connectivity index (χ1v) is 19.1. The summed E-state index contributed by atoms with van der Waals surface area (Å²) < 4.78 is 12.1. The first kappa shape index (κ1) is 49.2. The van der Waals surface area contributed by atoms with Crippen molar-refractivity contribution in [3.63, 3.8) is 0 Å². The molecule has 308 valence electrons. The van der Waals surface area contributed by atoms with Gasteiger partial charge in [-0.05, 0) is 172 Å². The lowest BCUT2D eigenvalue weighted by molar-refractivity contribution is -0.385. The van der Waals surface area contributed by atoms with E-state index in [0.29, 0.717) is 0 Å². The SMILES string of the molecule is Cl.Cl.NCCCN1CCCC1.Nc1ccc(NCCCN2CCCC2)cc1.O=[N+]([O-])c1ccc(F)cc1.O=[N+]([O-])c1ccc(NCCCN2CCCC2)cc1. The Hall–Kier alpha value is -3.79. The number of rotatable bonds is 15. The van der Waals surface area contributed by atoms with E-state index < -0.39 is 10.7 Å². The third kappa shape index (κ3) is 21.8. The van der Waals surface area contributed by atoms with Gasteiger partial charge in [0.2, 0.25) is 0 Å². The molecule has 3 aromatic carbocycles. The van der Waals surface area contributed by atoms with Gasteiger partial charge in [-0.3, -0.25) is 20.2 Å². The molecule has 3 saturated heterocycles. The summed E-state index contributed by atoms with van der Waals surface area (Å²) >= 11 is 0. The quantitative estimate of drug-likeness (QED) is 0.0514. The molecule has 0 amide bonds. The third-order valence-electron chi connectivity index (χ3n) is 9.26. The van der Waals surface area contributed by atoms with Crippen LogP contribution in [0.25, 0.3) is 0 Å². The van der Waals surface area contributed by atoms with E-state index in [2.05, 4.69) is 25.3 Å². The monoisotopic (exact) mass is 809 g/mol. The van der Waals surface area contributed by atoms with Crippen LogP contribution in [0.1, 0.15) is 57.8 Å². The van der Waals surface area contributed by atoms with Crippen molar-refractivity contribution in [3.05, 3.63) is 98.8 Å². The van der Waals surface area contributed by atoms with Gasteiger partial charge < -0.3 is 36.8 Å². The Labute approximate surface area is 338 Å². The molecule has 0 aliphatic carbocycles. The van der Waals surface area contributed by atoms with E-state index in [1.807, 2.05) is 24.3 Å². The summed E-state index contributed by atoms with van der Waals surface area (Å²) in [4.78, 5) is 27.1. The number of benzene rings is 3. The minimum absolute atomic E-state index is 0. The molecule has 3 aliphatic heterocycles. The van der Waals surface area contributed by atoms with Crippen molar-refractivity contribution >= 4 is 53.3 Å². The van der Waals surface area contributed by atoms with Crippen LogP contribution >= 0.6 is 24.8 Å². The van der Waals surface area contributed by atoms with Crippen molar-refractivity contribution in [2.75, 3.05) is 94.9 Å². The Balaban J connectivity index is 0.000000376. The van der Waals surface area contributed by atoms with Gasteiger partial charge in [-0.25, -0.2) is 4.39 Å². The highest BCUT2D eigenvalue weighted by molar-refractivity contribution is 5.85. The Morgan fingerprint density at radius 1 is 0.564 bits per heavy atom. The summed E-state index contributed by atoms with van der Waals surface area (Å²) in [6, 6.07) is 18.9. The van der Waals surface area contributed by atoms with Crippen molar-refractivity contribution in [3.8, 4) is 0 Å². The Bertz CT molecular complexity index is 1430. The first-order chi connectivity index (χ1) is 25.7. The number of nitro groups is 2. The van der Waals surface area contributed by atoms with E-state index in [4.69, 9.17) is 11.5 Å². The number of non-ortho nitro benzene ring substituents is 2. The molecule has 0 unspecified atom stereocenters. The van der Waals surface area contributed by atoms with E-state index in [0.717, 1.165) is 73.9 Å². The number of hydrogen-bond acceptors (Lipinski definition) is 11. The Morgan fingerprint density at radius 3 is 1.24 bits per heavy atom. The van der Waals surface area contributed by atoms with Gasteiger partial charge in [-0.15, -0.1) is 24.8 Å². The largest absolute Gasteiger partial charge is 0.399 e. The number of hydrogen-bond donors (Lipinski definition) is 4. The molecule has 0 aromatic heterocycles. The molecule has 6 rings (SSSR count). The lowest BCUT2D eigenvalue weighted by Gasteiger charge is -2.14. The molecule has 3 fully saturated rings. The number of halogens is 3. The van der Waals surface area contributed by atoms with Gasteiger partial charge in [0, 0.05) is 54.4 Å². The molecule has 6 N–H and O–H groups in total. The lowest BCUT2D eigenvalue weighted by atomic mass is 10.3. The van der Waals surface area contributed by atoms with E-state index >= 15 is 0 Å². The van der Waals surface area contributed by atoms with Gasteiger partial charge in [0.25, 0.3) is 11.4 Å². The summed E-state index contributed by atoms with van der Waals surface area (Å²) in [5.74, 6) is -0.467. The Morgan fingerprint density at radius 2 is 0.891 bits per heavy atom. The molecule has 0 radical (unpaired) electrons. The molecular formula is C39H62Cl2FN9O4. The van der Waals surface area contributed by atoms with Gasteiger partial charge >= 0.3 is 0 Å². The number of anilines is 3. The molecule has 16 heteroatoms. The fourth-order valence-corrected chi connectivity index (χ4v) is 6.27. The number of nitrogen functional groups attached to an aromatic ring is 1. The van der Waals surface area contributed by atoms with Gasteiger partial charge in [0.1, 0.15) is 5.82 Å². The average Bonchev–Trinajstić information content (AvgIpc) is 3.99. The zero-order valence-electron chi connectivity index (χ0n) is 32.0. The summed E-state index contributed by atoms with van der Waals surface area (Å²) in [7, 11) is 0. The van der Waals surface area contributed by atoms with E-state index in [1.165, 1.54) is 116 Å². The van der Waals surface area contributed by atoms with Crippen LogP contribution in [-0.4, -0.2) is 103 Å². The van der Waals surface area contributed by atoms with Gasteiger partial charge in [0.05, 0.1) is 9.85 Å². The second-order valence-corrected chi connectivity index (χ2v) is 13.5. The molecule has 3 aromatic rings. The maximum absolute atomic E-state index is 12.1. The predicted octanol–water partition coefficient (Wildman–Crippen LogP) is 7.67. The highest BCUT2D eigenvalue weighted by Gasteiger charge is 2.12. The molecule has 0 bridgehead atoms. The Kier molecular flexibility index (Phi) is 26.4. The van der Waals surface area contributed by atoms with Crippen LogP contribution in [0.4, 0.5) is 32.8 Å². The van der Waals surface area contributed by atoms with Crippen molar-refractivity contribution < 1.29 is 14.2 Å². The smallest absolute Gasteiger partial charge is 0.269 e. The molecule has 0 atom stereocenters. The average molecular weight is 811 g/mol. The standard InChI is InChI=1S/C13H19N3O2.C13H21N3.C7H16N2.C6H4FNO2.2ClH/c17-16(18)13-6-4-12(5-7-13)14-8-3-11-15-9-1-2-10-15;14-12-4-6-13(7-5-12)15-8-3-11-16-9-1-2-10-16;8-4-3-7-9-5-1-2-6-9;7-5-1-3-6(4-2-5)8(9)10;;/h4-7,14H,1-3,8-11H2;4-7,15H,1-3,8-11,14H2;1-8H2;1-4H;2*1H. The van der Waals surface area contributed by atoms with E-state index in [9.17, 15) is 24.6 Å². The van der Waals surface area contributed by atoms with Crippen LogP contribution in [0.5, 0.6) is 0 Å². The van der Waals surface area contributed by atoms with Gasteiger partial charge in [0.15, 0.2) is 0 Å². The highest BCUT2D eigenvalue weighted by atomic mass is 35.5. The summed E-state index contributed by atoms with van der Waals surface area (Å²) in [5, 5.41) is 27.2. The van der Waals surface area contributed by atoms with Crippen molar-refractivity contribution in [2.45, 2.75) is 57.8 Å². The molecule has 3 aliphatic rings. The lowest BCUT2D eigenvalue weighted by Crippen LogP contribution is -2.22. The van der Waals surface area contributed by atoms with Crippen LogP contribution in [0.3, 0.4) is 0 Å². The number of likely N-dealkylation sites (tertiary alicyclic amines) is 3. The van der Waals surface area contributed by atoms with E-state index in [-0.39, 0.29) is 41.1 Å². The summed E-state index contributed by atoms with van der Waals surface area (Å²) in [6.07, 6.45) is 11.7. The number of nitrogens with two attached hydrogens (primary N) is 2. The summed E-state index contributed by atoms with van der Waals surface area (Å²) in [6.45, 7) is 14.0. The maximum Gasteiger partial charge on any atom is 0.269 e. The van der Waals surface area contributed by atoms with Crippen LogP contribution in [-0.2, 0) is 0 Å². The number of nitro benzene ring substituents is 2. The van der Waals surface area contributed by atoms with Crippen LogP contribution < -0.4 is 22.1 Å². The number of nitrogens with zero attached hydrogens (tertiary/aromatic N) is 5. The third-order valence-corrected chi connectivity index (χ3v) is 9.26. The zero-order chi connectivity index (χ0) is 38.1. The minimum Gasteiger partial charge on any atom is -0.399 e. The minimum atomic E-state index is -0.570. The van der Waals surface area contributed by atoms with Crippen molar-refractivity contribution in [1.29, 1.82) is 0 Å². The zero-order valence-corrected chi connectivity index (χ0v) is 33.6. The fourth-order valence-electron chi connectivity index (χ4n) is 6.27. The molecule has 13 nitrogen and oxygen atoms in total.